The van der Waals surface area contributed by atoms with Gasteiger partial charge in [0.25, 0.3) is 0 Å². The van der Waals surface area contributed by atoms with Crippen molar-refractivity contribution in [3.63, 3.8) is 0 Å². The van der Waals surface area contributed by atoms with Gasteiger partial charge in [0.1, 0.15) is 6.61 Å². The molecule has 16 heavy (non-hydrogen) atoms. The number of carbonyl (C=O) groups is 1. The largest absolute Gasteiger partial charge is 0.379 e. The molecular weight excluding hydrogens is 206 g/mol. The summed E-state index contributed by atoms with van der Waals surface area (Å²) in [5.74, 6) is 0.140. The highest BCUT2D eigenvalue weighted by Crippen LogP contribution is 1.86. The second-order valence-electron chi connectivity index (χ2n) is 4.02. The quantitative estimate of drug-likeness (QED) is 0.546. The van der Waals surface area contributed by atoms with Crippen molar-refractivity contribution in [3.05, 3.63) is 0 Å². The molecule has 0 aliphatic carbocycles. The minimum atomic E-state index is 0.140. The van der Waals surface area contributed by atoms with Crippen LogP contribution in [0.15, 0.2) is 0 Å². The maximum atomic E-state index is 10.9. The van der Waals surface area contributed by atoms with Crippen molar-refractivity contribution in [3.8, 4) is 0 Å². The molecule has 0 aliphatic rings. The van der Waals surface area contributed by atoms with Gasteiger partial charge < -0.3 is 14.8 Å². The standard InChI is InChI=1S/C12H25NO3/c1-4-12(14)10-16-9-8-15-7-5-6-13-11(2)3/h11,13H,4-10H2,1-3H3. The lowest BCUT2D eigenvalue weighted by atomic mass is 10.3. The van der Waals surface area contributed by atoms with Gasteiger partial charge in [-0.2, -0.15) is 0 Å². The van der Waals surface area contributed by atoms with Crippen LogP contribution in [-0.4, -0.2) is 44.8 Å². The lowest BCUT2D eigenvalue weighted by Crippen LogP contribution is -2.24. The zero-order valence-corrected chi connectivity index (χ0v) is 10.8. The third kappa shape index (κ3) is 11.6. The van der Waals surface area contributed by atoms with Crippen LogP contribution in [0.3, 0.4) is 0 Å². The molecule has 0 atom stereocenters. The number of rotatable bonds is 11. The van der Waals surface area contributed by atoms with Gasteiger partial charge in [-0.3, -0.25) is 4.79 Å². The van der Waals surface area contributed by atoms with Gasteiger partial charge in [-0.05, 0) is 13.0 Å². The molecular formula is C12H25NO3. The van der Waals surface area contributed by atoms with E-state index in [9.17, 15) is 4.79 Å². The SMILES string of the molecule is CCC(=O)COCCOCCCNC(C)C. The number of ether oxygens (including phenoxy) is 2. The van der Waals surface area contributed by atoms with Crippen LogP contribution in [0.1, 0.15) is 33.6 Å². The third-order valence-corrected chi connectivity index (χ3v) is 2.05. The zero-order valence-electron chi connectivity index (χ0n) is 10.8. The Hall–Kier alpha value is -0.450. The van der Waals surface area contributed by atoms with E-state index in [4.69, 9.17) is 9.47 Å². The van der Waals surface area contributed by atoms with Crippen LogP contribution in [-0.2, 0) is 14.3 Å². The van der Waals surface area contributed by atoms with Gasteiger partial charge >= 0.3 is 0 Å². The second-order valence-corrected chi connectivity index (χ2v) is 4.02. The average Bonchev–Trinajstić information content (AvgIpc) is 2.26. The summed E-state index contributed by atoms with van der Waals surface area (Å²) < 4.78 is 10.5. The zero-order chi connectivity index (χ0) is 12.2. The summed E-state index contributed by atoms with van der Waals surface area (Å²) in [5.41, 5.74) is 0. The molecule has 0 saturated heterocycles. The summed E-state index contributed by atoms with van der Waals surface area (Å²) >= 11 is 0. The Morgan fingerprint density at radius 3 is 2.50 bits per heavy atom. The summed E-state index contributed by atoms with van der Waals surface area (Å²) in [6.07, 6.45) is 1.55. The number of carbonyl (C=O) groups excluding carboxylic acids is 1. The Kier molecular flexibility index (Phi) is 10.7. The Morgan fingerprint density at radius 2 is 1.88 bits per heavy atom. The van der Waals surface area contributed by atoms with E-state index in [1.807, 2.05) is 6.92 Å². The minimum Gasteiger partial charge on any atom is -0.379 e. The predicted molar refractivity (Wildman–Crippen MR) is 64.7 cm³/mol. The van der Waals surface area contributed by atoms with Gasteiger partial charge in [0.15, 0.2) is 5.78 Å². The number of nitrogens with one attached hydrogen (secondary N) is 1. The van der Waals surface area contributed by atoms with Crippen molar-refractivity contribution in [1.29, 1.82) is 0 Å². The van der Waals surface area contributed by atoms with E-state index in [2.05, 4.69) is 19.2 Å². The molecule has 4 heteroatoms. The van der Waals surface area contributed by atoms with E-state index < -0.39 is 0 Å². The highest BCUT2D eigenvalue weighted by atomic mass is 16.5. The molecule has 0 aromatic carbocycles. The Balaban J connectivity index is 3.01. The molecule has 0 saturated carbocycles. The monoisotopic (exact) mass is 231 g/mol. The fourth-order valence-corrected chi connectivity index (χ4v) is 1.07. The number of hydrogen-bond acceptors (Lipinski definition) is 4. The molecule has 0 bridgehead atoms. The van der Waals surface area contributed by atoms with Crippen LogP contribution < -0.4 is 5.32 Å². The van der Waals surface area contributed by atoms with E-state index in [0.29, 0.717) is 25.7 Å². The lowest BCUT2D eigenvalue weighted by Gasteiger charge is -2.08. The Bertz CT molecular complexity index is 172. The second kappa shape index (κ2) is 11.0. The van der Waals surface area contributed by atoms with Crippen LogP contribution >= 0.6 is 0 Å². The van der Waals surface area contributed by atoms with Gasteiger partial charge in [-0.25, -0.2) is 0 Å². The van der Waals surface area contributed by atoms with E-state index in [-0.39, 0.29) is 12.4 Å². The normalized spacial score (nSPS) is 11.0. The van der Waals surface area contributed by atoms with E-state index in [1.165, 1.54) is 0 Å². The van der Waals surface area contributed by atoms with Gasteiger partial charge in [-0.1, -0.05) is 20.8 Å². The summed E-state index contributed by atoms with van der Waals surface area (Å²) in [7, 11) is 0. The average molecular weight is 231 g/mol. The summed E-state index contributed by atoms with van der Waals surface area (Å²) in [5, 5.41) is 3.31. The fourth-order valence-electron chi connectivity index (χ4n) is 1.07. The van der Waals surface area contributed by atoms with Crippen LogP contribution in [0.5, 0.6) is 0 Å². The molecule has 96 valence electrons. The Morgan fingerprint density at radius 1 is 1.19 bits per heavy atom. The molecule has 4 nitrogen and oxygen atoms in total. The molecule has 0 fully saturated rings. The maximum Gasteiger partial charge on any atom is 0.158 e. The topological polar surface area (TPSA) is 47.6 Å². The van der Waals surface area contributed by atoms with Gasteiger partial charge in [0.05, 0.1) is 13.2 Å². The molecule has 0 rings (SSSR count). The van der Waals surface area contributed by atoms with E-state index >= 15 is 0 Å². The van der Waals surface area contributed by atoms with Crippen molar-refractivity contribution in [2.75, 3.05) is 33.0 Å². The molecule has 0 unspecified atom stereocenters. The highest BCUT2D eigenvalue weighted by Gasteiger charge is 1.97. The van der Waals surface area contributed by atoms with Crippen LogP contribution in [0, 0.1) is 0 Å². The van der Waals surface area contributed by atoms with Gasteiger partial charge in [0, 0.05) is 19.1 Å². The van der Waals surface area contributed by atoms with Crippen molar-refractivity contribution in [2.45, 2.75) is 39.7 Å². The van der Waals surface area contributed by atoms with Crippen molar-refractivity contribution >= 4 is 5.78 Å². The van der Waals surface area contributed by atoms with Crippen LogP contribution in [0.4, 0.5) is 0 Å². The molecule has 1 N–H and O–H groups in total. The molecule has 0 aromatic heterocycles. The van der Waals surface area contributed by atoms with E-state index in [0.717, 1.165) is 19.6 Å². The van der Waals surface area contributed by atoms with Crippen molar-refractivity contribution in [1.82, 2.24) is 5.32 Å². The molecule has 0 radical (unpaired) electrons. The van der Waals surface area contributed by atoms with Crippen LogP contribution in [0.2, 0.25) is 0 Å². The van der Waals surface area contributed by atoms with Crippen LogP contribution in [0.25, 0.3) is 0 Å². The molecule has 0 heterocycles. The number of hydrogen-bond donors (Lipinski definition) is 1. The molecule has 0 spiro atoms. The first-order chi connectivity index (χ1) is 7.66. The Labute approximate surface area is 98.7 Å². The predicted octanol–water partition coefficient (Wildman–Crippen LogP) is 1.39. The third-order valence-electron chi connectivity index (χ3n) is 2.05. The lowest BCUT2D eigenvalue weighted by molar-refractivity contribution is -0.123. The van der Waals surface area contributed by atoms with Crippen molar-refractivity contribution in [2.24, 2.45) is 0 Å². The molecule has 0 aliphatic heterocycles. The van der Waals surface area contributed by atoms with Crippen molar-refractivity contribution < 1.29 is 14.3 Å². The van der Waals surface area contributed by atoms with Gasteiger partial charge in [0.2, 0.25) is 0 Å². The first-order valence-electron chi connectivity index (χ1n) is 6.07. The first-order valence-corrected chi connectivity index (χ1v) is 6.07. The summed E-state index contributed by atoms with van der Waals surface area (Å²) in [4.78, 5) is 10.9. The first kappa shape index (κ1) is 15.6. The number of ketones is 1. The summed E-state index contributed by atoms with van der Waals surface area (Å²) in [6.45, 7) is 9.09. The fraction of sp³-hybridized carbons (Fsp3) is 0.917. The van der Waals surface area contributed by atoms with E-state index in [1.54, 1.807) is 0 Å². The molecule has 0 amide bonds. The van der Waals surface area contributed by atoms with Gasteiger partial charge in [-0.15, -0.1) is 0 Å². The summed E-state index contributed by atoms with van der Waals surface area (Å²) in [6, 6.07) is 0.531. The number of Topliss-reactive ketones (excluding diaryl/α,β-unsaturated/α-hetero) is 1. The minimum absolute atomic E-state index is 0.140. The maximum absolute atomic E-state index is 10.9. The molecule has 0 aromatic rings. The smallest absolute Gasteiger partial charge is 0.158 e. The highest BCUT2D eigenvalue weighted by molar-refractivity contribution is 5.79.